The van der Waals surface area contributed by atoms with Crippen LogP contribution in [0.3, 0.4) is 0 Å². The van der Waals surface area contributed by atoms with Gasteiger partial charge >= 0.3 is 0 Å². The van der Waals surface area contributed by atoms with Gasteiger partial charge in [0.1, 0.15) is 17.7 Å². The molecule has 0 aliphatic carbocycles. The molecule has 0 radical (unpaired) electrons. The van der Waals surface area contributed by atoms with Crippen LogP contribution in [0, 0.1) is 5.82 Å². The molecule has 1 heterocycles. The minimum absolute atomic E-state index is 0.0357. The van der Waals surface area contributed by atoms with Crippen LogP contribution in [0.4, 0.5) is 4.39 Å². The van der Waals surface area contributed by atoms with Gasteiger partial charge in [-0.05, 0) is 49.1 Å². The molecule has 0 N–H and O–H groups in total. The monoisotopic (exact) mass is 397 g/mol. The number of hydrogen-bond donors (Lipinski definition) is 0. The Labute approximate surface area is 158 Å². The summed E-state index contributed by atoms with van der Waals surface area (Å²) in [6, 6.07) is 13.5. The molecular weight excluding hydrogens is 377 g/mol. The Morgan fingerprint density at radius 2 is 1.85 bits per heavy atom. The first kappa shape index (κ1) is 19.1. The van der Waals surface area contributed by atoms with E-state index >= 15 is 0 Å². The molecule has 2 aromatic carbocycles. The molecule has 0 bridgehead atoms. The van der Waals surface area contributed by atoms with E-state index in [-0.39, 0.29) is 24.1 Å². The minimum atomic E-state index is -3.41. The molecule has 0 atom stereocenters. The maximum absolute atomic E-state index is 13.7. The zero-order valence-corrected chi connectivity index (χ0v) is 15.8. The summed E-state index contributed by atoms with van der Waals surface area (Å²) in [6.45, 7) is 0.815. The van der Waals surface area contributed by atoms with Crippen LogP contribution in [0.15, 0.2) is 48.5 Å². The van der Waals surface area contributed by atoms with E-state index < -0.39 is 10.0 Å². The summed E-state index contributed by atoms with van der Waals surface area (Å²) in [5, 5.41) is 0.607. The first-order chi connectivity index (χ1) is 12.4. The van der Waals surface area contributed by atoms with Gasteiger partial charge in [0.25, 0.3) is 0 Å². The molecule has 0 saturated carbocycles. The zero-order valence-electron chi connectivity index (χ0n) is 14.3. The number of piperidine rings is 1. The molecule has 0 unspecified atom stereocenters. The van der Waals surface area contributed by atoms with Gasteiger partial charge in [-0.25, -0.2) is 17.1 Å². The van der Waals surface area contributed by atoms with Crippen LogP contribution in [0.1, 0.15) is 18.4 Å². The highest BCUT2D eigenvalue weighted by atomic mass is 35.5. The number of nitrogens with zero attached hydrogens (tertiary/aromatic N) is 1. The predicted molar refractivity (Wildman–Crippen MR) is 101 cm³/mol. The molecule has 26 heavy (non-hydrogen) atoms. The van der Waals surface area contributed by atoms with Crippen LogP contribution in [0.2, 0.25) is 5.02 Å². The van der Waals surface area contributed by atoms with E-state index in [9.17, 15) is 12.8 Å². The minimum Gasteiger partial charge on any atom is -0.490 e. The van der Waals surface area contributed by atoms with E-state index in [4.69, 9.17) is 16.3 Å². The molecule has 3 rings (SSSR count). The second-order valence-corrected chi connectivity index (χ2v) is 8.86. The molecule has 140 valence electrons. The maximum Gasteiger partial charge on any atom is 0.214 e. The fourth-order valence-corrected chi connectivity index (χ4v) is 4.71. The third-order valence-corrected chi connectivity index (χ3v) is 6.59. The second kappa shape index (κ2) is 8.37. The standard InChI is InChI=1S/C19H21ClFNO3S/c20-16-5-3-6-18(14-16)25-17-8-11-22(12-9-17)26(23,24)13-10-15-4-1-2-7-19(15)21/h1-7,14,17H,8-13H2. The van der Waals surface area contributed by atoms with E-state index in [0.29, 0.717) is 42.3 Å². The lowest BCUT2D eigenvalue weighted by Crippen LogP contribution is -2.43. The average Bonchev–Trinajstić information content (AvgIpc) is 2.62. The first-order valence-corrected chi connectivity index (χ1v) is 10.6. The topological polar surface area (TPSA) is 46.6 Å². The lowest BCUT2D eigenvalue weighted by Gasteiger charge is -2.31. The van der Waals surface area contributed by atoms with Gasteiger partial charge in [0.05, 0.1) is 5.75 Å². The van der Waals surface area contributed by atoms with Crippen molar-refractivity contribution < 1.29 is 17.5 Å². The van der Waals surface area contributed by atoms with E-state index in [1.54, 1.807) is 30.3 Å². The fraction of sp³-hybridized carbons (Fsp3) is 0.368. The van der Waals surface area contributed by atoms with Crippen LogP contribution in [0.5, 0.6) is 5.75 Å². The highest BCUT2D eigenvalue weighted by molar-refractivity contribution is 7.89. The summed E-state index contributed by atoms with van der Waals surface area (Å²) in [7, 11) is -3.41. The van der Waals surface area contributed by atoms with Crippen LogP contribution >= 0.6 is 11.6 Å². The van der Waals surface area contributed by atoms with Crippen LogP contribution in [0.25, 0.3) is 0 Å². The molecule has 1 aliphatic rings. The Bertz CT molecular complexity index is 851. The van der Waals surface area contributed by atoms with E-state index in [1.165, 1.54) is 10.4 Å². The molecule has 7 heteroatoms. The van der Waals surface area contributed by atoms with Crippen molar-refractivity contribution in [3.05, 3.63) is 64.9 Å². The molecule has 0 amide bonds. The number of hydrogen-bond acceptors (Lipinski definition) is 3. The normalized spacial score (nSPS) is 16.5. The summed E-state index contributed by atoms with van der Waals surface area (Å²) in [5.74, 6) is 0.239. The summed E-state index contributed by atoms with van der Waals surface area (Å²) < 4.78 is 46.1. The van der Waals surface area contributed by atoms with E-state index in [1.807, 2.05) is 12.1 Å². The largest absolute Gasteiger partial charge is 0.490 e. The molecule has 0 spiro atoms. The van der Waals surface area contributed by atoms with Crippen molar-refractivity contribution in [3.63, 3.8) is 0 Å². The van der Waals surface area contributed by atoms with Gasteiger partial charge in [-0.1, -0.05) is 35.9 Å². The Morgan fingerprint density at radius 3 is 2.54 bits per heavy atom. The zero-order chi connectivity index (χ0) is 18.6. The van der Waals surface area contributed by atoms with Gasteiger partial charge in [0.2, 0.25) is 10.0 Å². The van der Waals surface area contributed by atoms with Gasteiger partial charge in [0.15, 0.2) is 0 Å². The number of benzene rings is 2. The molecule has 1 saturated heterocycles. The predicted octanol–water partition coefficient (Wildman–Crippen LogP) is 3.89. The Hall–Kier alpha value is -1.63. The third kappa shape index (κ3) is 4.96. The summed E-state index contributed by atoms with van der Waals surface area (Å²) in [6.07, 6.45) is 1.37. The number of halogens is 2. The van der Waals surface area contributed by atoms with Gasteiger partial charge in [-0.3, -0.25) is 0 Å². The van der Waals surface area contributed by atoms with Crippen molar-refractivity contribution in [2.75, 3.05) is 18.8 Å². The summed E-state index contributed by atoms with van der Waals surface area (Å²) in [5.41, 5.74) is 0.426. The average molecular weight is 398 g/mol. The van der Waals surface area contributed by atoms with Crippen molar-refractivity contribution in [2.24, 2.45) is 0 Å². The van der Waals surface area contributed by atoms with Crippen molar-refractivity contribution in [1.29, 1.82) is 0 Å². The van der Waals surface area contributed by atoms with Gasteiger partial charge in [0, 0.05) is 18.1 Å². The van der Waals surface area contributed by atoms with Gasteiger partial charge in [-0.15, -0.1) is 0 Å². The van der Waals surface area contributed by atoms with Crippen molar-refractivity contribution in [1.82, 2.24) is 4.31 Å². The summed E-state index contributed by atoms with van der Waals surface area (Å²) in [4.78, 5) is 0. The third-order valence-electron chi connectivity index (χ3n) is 4.48. The molecular formula is C19H21ClFNO3S. The van der Waals surface area contributed by atoms with Crippen molar-refractivity contribution >= 4 is 21.6 Å². The van der Waals surface area contributed by atoms with Crippen LogP contribution in [-0.4, -0.2) is 37.7 Å². The van der Waals surface area contributed by atoms with Crippen molar-refractivity contribution in [3.8, 4) is 5.75 Å². The fourth-order valence-electron chi connectivity index (χ4n) is 3.03. The number of aryl methyl sites for hydroxylation is 1. The highest BCUT2D eigenvalue weighted by Gasteiger charge is 2.28. The first-order valence-electron chi connectivity index (χ1n) is 8.57. The molecule has 0 aromatic heterocycles. The molecule has 1 fully saturated rings. The van der Waals surface area contributed by atoms with Gasteiger partial charge < -0.3 is 4.74 Å². The van der Waals surface area contributed by atoms with Crippen LogP contribution in [-0.2, 0) is 16.4 Å². The highest BCUT2D eigenvalue weighted by Crippen LogP contribution is 2.23. The molecule has 4 nitrogen and oxygen atoms in total. The summed E-state index contributed by atoms with van der Waals surface area (Å²) >= 11 is 5.95. The Kier molecular flexibility index (Phi) is 6.16. The number of ether oxygens (including phenoxy) is 1. The Balaban J connectivity index is 1.52. The SMILES string of the molecule is O=S(=O)(CCc1ccccc1F)N1CCC(Oc2cccc(Cl)c2)CC1. The van der Waals surface area contributed by atoms with E-state index in [2.05, 4.69) is 0 Å². The quantitative estimate of drug-likeness (QED) is 0.742. The van der Waals surface area contributed by atoms with Crippen LogP contribution < -0.4 is 4.74 Å². The van der Waals surface area contributed by atoms with Crippen molar-refractivity contribution in [2.45, 2.75) is 25.4 Å². The molecule has 1 aliphatic heterocycles. The van der Waals surface area contributed by atoms with Gasteiger partial charge in [-0.2, -0.15) is 0 Å². The smallest absolute Gasteiger partial charge is 0.214 e. The second-order valence-electron chi connectivity index (χ2n) is 6.33. The Morgan fingerprint density at radius 1 is 1.12 bits per heavy atom. The number of sulfonamides is 1. The lowest BCUT2D eigenvalue weighted by molar-refractivity contribution is 0.135. The molecule has 2 aromatic rings. The number of rotatable bonds is 6. The lowest BCUT2D eigenvalue weighted by atomic mass is 10.1. The maximum atomic E-state index is 13.7. The van der Waals surface area contributed by atoms with E-state index in [0.717, 1.165) is 0 Å².